The number of hydroxylamine groups is 2. The second kappa shape index (κ2) is 6.31. The maximum atomic E-state index is 12.0. The number of carbonyl (C=O) groups excluding carboxylic acids is 3. The van der Waals surface area contributed by atoms with Gasteiger partial charge in [-0.15, -0.1) is 5.06 Å². The molecule has 8 heteroatoms. The third-order valence-corrected chi connectivity index (χ3v) is 4.00. The van der Waals surface area contributed by atoms with Gasteiger partial charge in [0, 0.05) is 18.9 Å². The van der Waals surface area contributed by atoms with E-state index in [-0.39, 0.29) is 18.4 Å². The van der Waals surface area contributed by atoms with Gasteiger partial charge in [-0.1, -0.05) is 6.42 Å². The van der Waals surface area contributed by atoms with Crippen molar-refractivity contribution in [3.8, 4) is 0 Å². The van der Waals surface area contributed by atoms with Crippen molar-refractivity contribution in [2.75, 3.05) is 0 Å². The van der Waals surface area contributed by atoms with Crippen LogP contribution in [0.25, 0.3) is 0 Å². The predicted octanol–water partition coefficient (Wildman–Crippen LogP) is 0.119. The highest BCUT2D eigenvalue weighted by molar-refractivity contribution is 6.01. The molecule has 0 aromatic carbocycles. The maximum Gasteiger partial charge on any atom is 0.354 e. The van der Waals surface area contributed by atoms with Gasteiger partial charge < -0.3 is 4.84 Å². The fraction of sp³-hybridized carbons (Fsp3) is 0.533. The van der Waals surface area contributed by atoms with Crippen molar-refractivity contribution in [1.82, 2.24) is 14.8 Å². The van der Waals surface area contributed by atoms with E-state index in [0.717, 1.165) is 48.0 Å². The lowest BCUT2D eigenvalue weighted by Gasteiger charge is -2.13. The molecule has 3 rings (SSSR count). The van der Waals surface area contributed by atoms with Gasteiger partial charge in [-0.2, -0.15) is 5.10 Å². The van der Waals surface area contributed by atoms with Gasteiger partial charge in [-0.25, -0.2) is 9.48 Å². The fourth-order valence-electron chi connectivity index (χ4n) is 2.80. The lowest BCUT2D eigenvalue weighted by Crippen LogP contribution is -2.36. The van der Waals surface area contributed by atoms with Gasteiger partial charge in [-0.05, 0) is 31.2 Å². The van der Waals surface area contributed by atoms with E-state index in [0.29, 0.717) is 5.06 Å². The number of hydrogen-bond acceptors (Lipinski definition) is 6. The molecule has 0 spiro atoms. The molecule has 0 saturated carbocycles. The Kier molecular flexibility index (Phi) is 4.22. The molecule has 0 radical (unpaired) electrons. The van der Waals surface area contributed by atoms with E-state index in [4.69, 9.17) is 4.84 Å². The molecule has 0 atom stereocenters. The largest absolute Gasteiger partial charge is 0.354 e. The van der Waals surface area contributed by atoms with Crippen molar-refractivity contribution in [1.29, 1.82) is 0 Å². The van der Waals surface area contributed by atoms with E-state index in [9.17, 15) is 19.2 Å². The molecule has 1 aromatic rings. The van der Waals surface area contributed by atoms with Crippen LogP contribution in [0.1, 0.15) is 43.4 Å². The van der Waals surface area contributed by atoms with Gasteiger partial charge in [0.05, 0.1) is 5.69 Å². The van der Waals surface area contributed by atoms with Crippen molar-refractivity contribution in [3.05, 3.63) is 27.7 Å². The standard InChI is InChI=1S/C15H17N3O5/c19-12-6-7-13(20)18(12)23-15(22)9-17-14(21)8-10-4-2-1-3-5-11(10)16-17/h8H,1-7,9H2. The highest BCUT2D eigenvalue weighted by Gasteiger charge is 2.33. The van der Waals surface area contributed by atoms with Gasteiger partial charge in [-0.3, -0.25) is 14.4 Å². The number of rotatable bonds is 3. The molecule has 1 saturated heterocycles. The quantitative estimate of drug-likeness (QED) is 0.579. The molecule has 122 valence electrons. The number of aromatic nitrogens is 2. The van der Waals surface area contributed by atoms with E-state index in [1.165, 1.54) is 6.07 Å². The zero-order chi connectivity index (χ0) is 16.4. The molecule has 0 unspecified atom stereocenters. The lowest BCUT2D eigenvalue weighted by molar-refractivity contribution is -0.198. The number of fused-ring (bicyclic) bond motifs is 1. The second-order valence-electron chi connectivity index (χ2n) is 5.72. The zero-order valence-corrected chi connectivity index (χ0v) is 12.6. The van der Waals surface area contributed by atoms with Crippen LogP contribution in [0.2, 0.25) is 0 Å². The number of carbonyl (C=O) groups is 3. The van der Waals surface area contributed by atoms with Gasteiger partial charge in [0.25, 0.3) is 17.4 Å². The number of hydrogen-bond donors (Lipinski definition) is 0. The van der Waals surface area contributed by atoms with Crippen molar-refractivity contribution in [2.24, 2.45) is 0 Å². The van der Waals surface area contributed by atoms with Crippen molar-refractivity contribution in [3.63, 3.8) is 0 Å². The van der Waals surface area contributed by atoms with E-state index >= 15 is 0 Å². The molecule has 2 amide bonds. The van der Waals surface area contributed by atoms with Crippen LogP contribution >= 0.6 is 0 Å². The first-order chi connectivity index (χ1) is 11.0. The van der Waals surface area contributed by atoms with Crippen molar-refractivity contribution < 1.29 is 19.2 Å². The summed E-state index contributed by atoms with van der Waals surface area (Å²) in [6.07, 6.45) is 4.77. The summed E-state index contributed by atoms with van der Waals surface area (Å²) in [5, 5.41) is 4.71. The average molecular weight is 319 g/mol. The highest BCUT2D eigenvalue weighted by atomic mass is 16.7. The van der Waals surface area contributed by atoms with Crippen LogP contribution < -0.4 is 5.56 Å². The first-order valence-corrected chi connectivity index (χ1v) is 7.71. The Balaban J connectivity index is 1.73. The number of aryl methyl sites for hydroxylation is 2. The van der Waals surface area contributed by atoms with E-state index < -0.39 is 24.3 Å². The molecule has 8 nitrogen and oxygen atoms in total. The molecule has 2 aliphatic rings. The van der Waals surface area contributed by atoms with Crippen molar-refractivity contribution in [2.45, 2.75) is 51.5 Å². The third-order valence-electron chi connectivity index (χ3n) is 4.00. The summed E-state index contributed by atoms with van der Waals surface area (Å²) in [6, 6.07) is 1.51. The summed E-state index contributed by atoms with van der Waals surface area (Å²) >= 11 is 0. The Morgan fingerprint density at radius 1 is 1.04 bits per heavy atom. The lowest BCUT2D eigenvalue weighted by atomic mass is 10.1. The summed E-state index contributed by atoms with van der Waals surface area (Å²) < 4.78 is 1.03. The molecule has 0 N–H and O–H groups in total. The molecule has 1 fully saturated rings. The normalized spacial score (nSPS) is 17.8. The van der Waals surface area contributed by atoms with E-state index in [2.05, 4.69) is 5.10 Å². The van der Waals surface area contributed by atoms with Crippen LogP contribution in [0.3, 0.4) is 0 Å². The van der Waals surface area contributed by atoms with Crippen LogP contribution in [-0.2, 0) is 38.6 Å². The molecule has 1 aliphatic carbocycles. The van der Waals surface area contributed by atoms with Crippen LogP contribution in [0.5, 0.6) is 0 Å². The number of amides is 2. The summed E-state index contributed by atoms with van der Waals surface area (Å²) in [7, 11) is 0. The smallest absolute Gasteiger partial charge is 0.328 e. The minimum absolute atomic E-state index is 0.0309. The molecule has 1 aliphatic heterocycles. The molecular formula is C15H17N3O5. The van der Waals surface area contributed by atoms with Crippen LogP contribution in [0.4, 0.5) is 0 Å². The Bertz CT molecular complexity index is 708. The molecule has 1 aromatic heterocycles. The Morgan fingerprint density at radius 2 is 1.74 bits per heavy atom. The minimum atomic E-state index is -0.864. The topological polar surface area (TPSA) is 98.6 Å². The highest BCUT2D eigenvalue weighted by Crippen LogP contribution is 2.17. The Labute approximate surface area is 132 Å². The first kappa shape index (κ1) is 15.4. The van der Waals surface area contributed by atoms with Gasteiger partial charge in [0.1, 0.15) is 6.54 Å². The number of nitrogens with zero attached hydrogens (tertiary/aromatic N) is 3. The molecule has 0 bridgehead atoms. The summed E-state index contributed by atoms with van der Waals surface area (Å²) in [5.74, 6) is -1.96. The van der Waals surface area contributed by atoms with Crippen LogP contribution in [0.15, 0.2) is 10.9 Å². The Hall–Kier alpha value is -2.51. The minimum Gasteiger partial charge on any atom is -0.328 e. The zero-order valence-electron chi connectivity index (χ0n) is 12.6. The van der Waals surface area contributed by atoms with Crippen LogP contribution in [-0.4, -0.2) is 32.6 Å². The monoisotopic (exact) mass is 319 g/mol. The van der Waals surface area contributed by atoms with Crippen molar-refractivity contribution >= 4 is 17.8 Å². The SMILES string of the molecule is O=C(Cn1nc2c(cc1=O)CCCCC2)ON1C(=O)CCC1=O. The Morgan fingerprint density at radius 3 is 2.48 bits per heavy atom. The molecule has 23 heavy (non-hydrogen) atoms. The third kappa shape index (κ3) is 3.30. The van der Waals surface area contributed by atoms with Gasteiger partial charge in [0.2, 0.25) is 0 Å². The molecular weight excluding hydrogens is 302 g/mol. The summed E-state index contributed by atoms with van der Waals surface area (Å²) in [5.41, 5.74) is 1.37. The van der Waals surface area contributed by atoms with Gasteiger partial charge >= 0.3 is 5.97 Å². The van der Waals surface area contributed by atoms with Gasteiger partial charge in [0.15, 0.2) is 0 Å². The molecule has 2 heterocycles. The predicted molar refractivity (Wildman–Crippen MR) is 76.9 cm³/mol. The van der Waals surface area contributed by atoms with E-state index in [1.807, 2.05) is 0 Å². The van der Waals surface area contributed by atoms with Crippen LogP contribution in [0, 0.1) is 0 Å². The summed E-state index contributed by atoms with van der Waals surface area (Å²) in [6.45, 7) is -0.427. The average Bonchev–Trinajstić information content (AvgIpc) is 2.72. The second-order valence-corrected chi connectivity index (χ2v) is 5.72. The fourth-order valence-corrected chi connectivity index (χ4v) is 2.80. The summed E-state index contributed by atoms with van der Waals surface area (Å²) in [4.78, 5) is 51.5. The maximum absolute atomic E-state index is 12.0. The first-order valence-electron chi connectivity index (χ1n) is 7.71. The number of imide groups is 1. The van der Waals surface area contributed by atoms with E-state index in [1.54, 1.807) is 0 Å².